The van der Waals surface area contributed by atoms with Crippen molar-refractivity contribution in [1.82, 2.24) is 0 Å². The standard InChI is InChI=1S/C10H7F2NO2/c1-6-2-3-9(15-10(11)12)8(5-14)7(6)4-13/h2-3,5,10H,1H3. The smallest absolute Gasteiger partial charge is 0.387 e. The minimum Gasteiger partial charge on any atom is -0.434 e. The van der Waals surface area contributed by atoms with E-state index in [1.165, 1.54) is 12.1 Å². The molecule has 0 bridgehead atoms. The fourth-order valence-electron chi connectivity index (χ4n) is 1.17. The minimum atomic E-state index is -3.02. The van der Waals surface area contributed by atoms with Crippen molar-refractivity contribution in [1.29, 1.82) is 5.26 Å². The predicted molar refractivity (Wildman–Crippen MR) is 47.9 cm³/mol. The molecule has 1 rings (SSSR count). The van der Waals surface area contributed by atoms with Crippen LogP contribution in [0.25, 0.3) is 0 Å². The highest BCUT2D eigenvalue weighted by Gasteiger charge is 2.14. The number of aryl methyl sites for hydroxylation is 1. The number of nitriles is 1. The molecule has 0 fully saturated rings. The van der Waals surface area contributed by atoms with Crippen LogP contribution in [0.4, 0.5) is 8.78 Å². The SMILES string of the molecule is Cc1ccc(OC(F)F)c(C=O)c1C#N. The predicted octanol–water partition coefficient (Wildman–Crippen LogP) is 2.28. The summed E-state index contributed by atoms with van der Waals surface area (Å²) in [6, 6.07) is 4.46. The highest BCUT2D eigenvalue weighted by Crippen LogP contribution is 2.24. The van der Waals surface area contributed by atoms with E-state index in [9.17, 15) is 13.6 Å². The molecule has 3 nitrogen and oxygen atoms in total. The summed E-state index contributed by atoms with van der Waals surface area (Å²) in [5, 5.41) is 8.74. The molecule has 0 aromatic heterocycles. The molecule has 0 saturated carbocycles. The third-order valence-electron chi connectivity index (χ3n) is 1.86. The lowest BCUT2D eigenvalue weighted by molar-refractivity contribution is -0.0500. The van der Waals surface area contributed by atoms with Gasteiger partial charge in [-0.25, -0.2) is 0 Å². The van der Waals surface area contributed by atoms with E-state index in [2.05, 4.69) is 4.74 Å². The molecule has 0 unspecified atom stereocenters. The van der Waals surface area contributed by atoms with Gasteiger partial charge in [-0.1, -0.05) is 6.07 Å². The summed E-state index contributed by atoms with van der Waals surface area (Å²) in [5.74, 6) is -0.276. The number of rotatable bonds is 3. The Balaban J connectivity index is 3.30. The van der Waals surface area contributed by atoms with Gasteiger partial charge in [0.2, 0.25) is 0 Å². The number of halogens is 2. The van der Waals surface area contributed by atoms with Crippen LogP contribution in [0.1, 0.15) is 21.5 Å². The van der Waals surface area contributed by atoms with Crippen molar-refractivity contribution in [3.05, 3.63) is 28.8 Å². The molecule has 1 aromatic carbocycles. The van der Waals surface area contributed by atoms with Crippen LogP contribution in [0.5, 0.6) is 5.75 Å². The molecule has 0 aliphatic carbocycles. The van der Waals surface area contributed by atoms with Gasteiger partial charge in [0.15, 0.2) is 6.29 Å². The summed E-state index contributed by atoms with van der Waals surface area (Å²) in [7, 11) is 0. The second kappa shape index (κ2) is 4.51. The highest BCUT2D eigenvalue weighted by atomic mass is 19.3. The maximum atomic E-state index is 12.0. The Morgan fingerprint density at radius 2 is 2.20 bits per heavy atom. The summed E-state index contributed by atoms with van der Waals surface area (Å²) in [4.78, 5) is 10.7. The summed E-state index contributed by atoms with van der Waals surface area (Å²) < 4.78 is 28.0. The lowest BCUT2D eigenvalue weighted by atomic mass is 10.0. The first-order chi connectivity index (χ1) is 7.10. The van der Waals surface area contributed by atoms with Crippen LogP contribution < -0.4 is 4.74 Å². The van der Waals surface area contributed by atoms with Crippen LogP contribution in [-0.2, 0) is 0 Å². The third-order valence-corrected chi connectivity index (χ3v) is 1.86. The van der Waals surface area contributed by atoms with Gasteiger partial charge in [-0.05, 0) is 18.6 Å². The van der Waals surface area contributed by atoms with E-state index in [0.29, 0.717) is 11.8 Å². The molecular formula is C10H7F2NO2. The van der Waals surface area contributed by atoms with Gasteiger partial charge >= 0.3 is 6.61 Å². The normalized spacial score (nSPS) is 9.80. The Morgan fingerprint density at radius 1 is 1.53 bits per heavy atom. The zero-order chi connectivity index (χ0) is 11.4. The quantitative estimate of drug-likeness (QED) is 0.720. The van der Waals surface area contributed by atoms with Gasteiger partial charge < -0.3 is 4.74 Å². The van der Waals surface area contributed by atoms with Crippen molar-refractivity contribution in [2.75, 3.05) is 0 Å². The fourth-order valence-corrected chi connectivity index (χ4v) is 1.17. The molecule has 78 valence electrons. The Hall–Kier alpha value is -1.96. The van der Waals surface area contributed by atoms with Crippen molar-refractivity contribution >= 4 is 6.29 Å². The molecule has 0 radical (unpaired) electrons. The number of hydrogen-bond donors (Lipinski definition) is 0. The number of ether oxygens (including phenoxy) is 1. The number of nitrogens with zero attached hydrogens (tertiary/aromatic N) is 1. The first-order valence-corrected chi connectivity index (χ1v) is 4.03. The number of carbonyl (C=O) groups excluding carboxylic acids is 1. The highest BCUT2D eigenvalue weighted by molar-refractivity contribution is 5.84. The van der Waals surface area contributed by atoms with E-state index in [1.54, 1.807) is 13.0 Å². The van der Waals surface area contributed by atoms with Crippen LogP contribution in [0.3, 0.4) is 0 Å². The van der Waals surface area contributed by atoms with Crippen molar-refractivity contribution in [2.24, 2.45) is 0 Å². The molecule has 0 aliphatic heterocycles. The zero-order valence-electron chi connectivity index (χ0n) is 7.83. The molecule has 15 heavy (non-hydrogen) atoms. The van der Waals surface area contributed by atoms with Crippen LogP contribution in [-0.4, -0.2) is 12.9 Å². The molecule has 0 heterocycles. The maximum absolute atomic E-state index is 12.0. The van der Waals surface area contributed by atoms with Gasteiger partial charge in [-0.3, -0.25) is 4.79 Å². The van der Waals surface area contributed by atoms with E-state index < -0.39 is 6.61 Å². The second-order valence-electron chi connectivity index (χ2n) is 2.78. The molecule has 1 aromatic rings. The molecule has 0 atom stereocenters. The lowest BCUT2D eigenvalue weighted by Gasteiger charge is -2.09. The zero-order valence-corrected chi connectivity index (χ0v) is 7.83. The molecule has 0 N–H and O–H groups in total. The largest absolute Gasteiger partial charge is 0.434 e. The Labute approximate surface area is 84.9 Å². The number of hydrogen-bond acceptors (Lipinski definition) is 3. The van der Waals surface area contributed by atoms with Crippen molar-refractivity contribution < 1.29 is 18.3 Å². The molecule has 0 amide bonds. The Bertz CT molecular complexity index is 424. The van der Waals surface area contributed by atoms with E-state index in [-0.39, 0.29) is 16.9 Å². The molecule has 0 spiro atoms. The van der Waals surface area contributed by atoms with Crippen LogP contribution >= 0.6 is 0 Å². The van der Waals surface area contributed by atoms with Gasteiger partial charge in [0.05, 0.1) is 11.1 Å². The fraction of sp³-hybridized carbons (Fsp3) is 0.200. The average Bonchev–Trinajstić information content (AvgIpc) is 2.19. The van der Waals surface area contributed by atoms with E-state index >= 15 is 0 Å². The summed E-state index contributed by atoms with van der Waals surface area (Å²) in [6.07, 6.45) is 0.337. The average molecular weight is 211 g/mol. The van der Waals surface area contributed by atoms with Gasteiger partial charge in [-0.15, -0.1) is 0 Å². The lowest BCUT2D eigenvalue weighted by Crippen LogP contribution is -2.06. The van der Waals surface area contributed by atoms with Crippen molar-refractivity contribution in [3.63, 3.8) is 0 Å². The third kappa shape index (κ3) is 2.29. The minimum absolute atomic E-state index is 0.0585. The number of alkyl halides is 2. The van der Waals surface area contributed by atoms with Crippen LogP contribution in [0.2, 0.25) is 0 Å². The van der Waals surface area contributed by atoms with Crippen molar-refractivity contribution in [3.8, 4) is 11.8 Å². The second-order valence-corrected chi connectivity index (χ2v) is 2.78. The van der Waals surface area contributed by atoms with E-state index in [0.717, 1.165) is 0 Å². The van der Waals surface area contributed by atoms with Gasteiger partial charge in [0.1, 0.15) is 11.8 Å². The topological polar surface area (TPSA) is 50.1 Å². The maximum Gasteiger partial charge on any atom is 0.387 e. The number of benzene rings is 1. The van der Waals surface area contributed by atoms with Crippen LogP contribution in [0, 0.1) is 18.3 Å². The van der Waals surface area contributed by atoms with Gasteiger partial charge in [0, 0.05) is 0 Å². The Kier molecular flexibility index (Phi) is 3.34. The monoisotopic (exact) mass is 211 g/mol. The molecular weight excluding hydrogens is 204 g/mol. The molecule has 5 heteroatoms. The first kappa shape index (κ1) is 11.1. The van der Waals surface area contributed by atoms with Crippen LogP contribution in [0.15, 0.2) is 12.1 Å². The van der Waals surface area contributed by atoms with Gasteiger partial charge in [0.25, 0.3) is 0 Å². The van der Waals surface area contributed by atoms with Crippen molar-refractivity contribution in [2.45, 2.75) is 13.5 Å². The summed E-state index contributed by atoms with van der Waals surface area (Å²) in [6.45, 7) is -1.41. The van der Waals surface area contributed by atoms with Gasteiger partial charge in [-0.2, -0.15) is 14.0 Å². The summed E-state index contributed by atoms with van der Waals surface area (Å²) >= 11 is 0. The number of aldehydes is 1. The first-order valence-electron chi connectivity index (χ1n) is 4.03. The molecule has 0 saturated heterocycles. The van der Waals surface area contributed by atoms with E-state index in [4.69, 9.17) is 5.26 Å². The van der Waals surface area contributed by atoms with E-state index in [1.807, 2.05) is 0 Å². The molecule has 0 aliphatic rings. The summed E-state index contributed by atoms with van der Waals surface area (Å²) in [5.41, 5.74) is 0.460. The number of carbonyl (C=O) groups is 1. The Morgan fingerprint density at radius 3 is 2.67 bits per heavy atom.